The second kappa shape index (κ2) is 7.96. The third-order valence-electron chi connectivity index (χ3n) is 4.11. The van der Waals surface area contributed by atoms with Crippen LogP contribution in [0.1, 0.15) is 28.2 Å². The molecule has 1 aromatic heterocycles. The lowest BCUT2D eigenvalue weighted by atomic mass is 10.1. The number of rotatable bonds is 5. The zero-order valence-electron chi connectivity index (χ0n) is 14.8. The number of benzene rings is 2. The molecule has 2 aromatic carbocycles. The Morgan fingerprint density at radius 1 is 1.00 bits per heavy atom. The minimum Gasteiger partial charge on any atom is -0.345 e. The second-order valence-electron chi connectivity index (χ2n) is 6.21. The first-order chi connectivity index (χ1) is 12.7. The molecule has 3 rings (SSSR count). The number of carbonyl (C=O) groups is 1. The predicted molar refractivity (Wildman–Crippen MR) is 113 cm³/mol. The lowest BCUT2D eigenvalue weighted by Gasteiger charge is -2.14. The summed E-state index contributed by atoms with van der Waals surface area (Å²) in [5, 5.41) is 2.96. The predicted octanol–water partition coefficient (Wildman–Crippen LogP) is 5.07. The highest BCUT2D eigenvalue weighted by Crippen LogP contribution is 2.29. The summed E-state index contributed by atoms with van der Waals surface area (Å²) >= 11 is 4.85. The van der Waals surface area contributed by atoms with Gasteiger partial charge in [-0.25, -0.2) is 8.42 Å². The first kappa shape index (κ1) is 19.8. The Bertz CT molecular complexity index is 1060. The van der Waals surface area contributed by atoms with Crippen molar-refractivity contribution in [2.75, 3.05) is 6.26 Å². The number of hydrogen-bond donors (Lipinski definition) is 1. The molecule has 0 aliphatic heterocycles. The fraction of sp³-hybridized carbons (Fsp3) is 0.150. The van der Waals surface area contributed by atoms with E-state index in [1.54, 1.807) is 24.3 Å². The minimum atomic E-state index is -3.23. The minimum absolute atomic E-state index is 0.150. The van der Waals surface area contributed by atoms with Crippen LogP contribution in [0.4, 0.5) is 0 Å². The lowest BCUT2D eigenvalue weighted by Crippen LogP contribution is -2.25. The van der Waals surface area contributed by atoms with Crippen molar-refractivity contribution in [3.8, 4) is 10.4 Å². The van der Waals surface area contributed by atoms with Crippen LogP contribution in [0.15, 0.2) is 70.0 Å². The molecule has 0 saturated heterocycles. The zero-order chi connectivity index (χ0) is 19.6. The maximum Gasteiger partial charge on any atom is 0.261 e. The fourth-order valence-corrected chi connectivity index (χ4v) is 4.39. The molecular formula is C20H18BrNO3S2. The maximum atomic E-state index is 12.5. The number of amides is 1. The highest BCUT2D eigenvalue weighted by molar-refractivity contribution is 9.10. The van der Waals surface area contributed by atoms with Crippen molar-refractivity contribution in [3.63, 3.8) is 0 Å². The average Bonchev–Trinajstić information content (AvgIpc) is 3.12. The quantitative estimate of drug-likeness (QED) is 0.574. The summed E-state index contributed by atoms with van der Waals surface area (Å²) in [6.07, 6.45) is 1.17. The van der Waals surface area contributed by atoms with Gasteiger partial charge in [0, 0.05) is 15.6 Å². The van der Waals surface area contributed by atoms with Gasteiger partial charge in [-0.3, -0.25) is 4.79 Å². The van der Waals surface area contributed by atoms with E-state index in [0.29, 0.717) is 4.88 Å². The molecule has 4 nitrogen and oxygen atoms in total. The van der Waals surface area contributed by atoms with Crippen molar-refractivity contribution in [3.05, 3.63) is 75.6 Å². The molecule has 1 N–H and O–H groups in total. The topological polar surface area (TPSA) is 63.2 Å². The SMILES string of the molecule is CC(NC(=O)c1ccc(-c2ccc(Br)cc2)s1)c1ccc(S(C)(=O)=O)cc1. The Morgan fingerprint density at radius 2 is 1.63 bits per heavy atom. The summed E-state index contributed by atoms with van der Waals surface area (Å²) < 4.78 is 24.1. The van der Waals surface area contributed by atoms with E-state index in [1.807, 2.05) is 43.3 Å². The van der Waals surface area contributed by atoms with Gasteiger partial charge in [0.15, 0.2) is 9.84 Å². The van der Waals surface area contributed by atoms with Crippen LogP contribution in [0.25, 0.3) is 10.4 Å². The normalized spacial score (nSPS) is 12.6. The molecule has 1 amide bonds. The van der Waals surface area contributed by atoms with Gasteiger partial charge in [-0.05, 0) is 54.4 Å². The van der Waals surface area contributed by atoms with Gasteiger partial charge in [-0.1, -0.05) is 40.2 Å². The Labute approximate surface area is 171 Å². The summed E-state index contributed by atoms with van der Waals surface area (Å²) in [5.74, 6) is -0.150. The van der Waals surface area contributed by atoms with Gasteiger partial charge in [0.25, 0.3) is 5.91 Å². The van der Waals surface area contributed by atoms with Crippen LogP contribution in [0.5, 0.6) is 0 Å². The highest BCUT2D eigenvalue weighted by atomic mass is 79.9. The van der Waals surface area contributed by atoms with E-state index in [4.69, 9.17) is 0 Å². The van der Waals surface area contributed by atoms with Crippen molar-refractivity contribution < 1.29 is 13.2 Å². The lowest BCUT2D eigenvalue weighted by molar-refractivity contribution is 0.0944. The van der Waals surface area contributed by atoms with Gasteiger partial charge in [-0.2, -0.15) is 0 Å². The van der Waals surface area contributed by atoms with Crippen molar-refractivity contribution in [2.24, 2.45) is 0 Å². The van der Waals surface area contributed by atoms with Crippen molar-refractivity contribution in [2.45, 2.75) is 17.9 Å². The van der Waals surface area contributed by atoms with Gasteiger partial charge < -0.3 is 5.32 Å². The standard InChI is InChI=1S/C20H18BrNO3S2/c1-13(14-5-9-17(10-6-14)27(2,24)25)22-20(23)19-12-11-18(26-19)15-3-7-16(21)8-4-15/h3-13H,1-2H3,(H,22,23). The summed E-state index contributed by atoms with van der Waals surface area (Å²) in [5.41, 5.74) is 1.91. The number of halogens is 1. The molecule has 3 aromatic rings. The summed E-state index contributed by atoms with van der Waals surface area (Å²) in [4.78, 5) is 14.5. The Morgan fingerprint density at radius 3 is 2.22 bits per heavy atom. The van der Waals surface area contributed by atoms with E-state index in [2.05, 4.69) is 21.2 Å². The molecule has 0 bridgehead atoms. The summed E-state index contributed by atoms with van der Waals surface area (Å²) in [6.45, 7) is 1.87. The smallest absolute Gasteiger partial charge is 0.261 e. The van der Waals surface area contributed by atoms with E-state index >= 15 is 0 Å². The number of thiophene rings is 1. The van der Waals surface area contributed by atoms with Crippen molar-refractivity contribution in [1.82, 2.24) is 5.32 Å². The van der Waals surface area contributed by atoms with Gasteiger partial charge in [0.1, 0.15) is 0 Å². The van der Waals surface area contributed by atoms with Crippen LogP contribution >= 0.6 is 27.3 Å². The molecule has 0 fully saturated rings. The Balaban J connectivity index is 1.71. The summed E-state index contributed by atoms with van der Waals surface area (Å²) in [6, 6.07) is 18.0. The second-order valence-corrected chi connectivity index (χ2v) is 10.2. The molecule has 7 heteroatoms. The van der Waals surface area contributed by atoms with Gasteiger partial charge in [-0.15, -0.1) is 11.3 Å². The highest BCUT2D eigenvalue weighted by Gasteiger charge is 2.15. The molecule has 1 heterocycles. The van der Waals surface area contributed by atoms with Gasteiger partial charge >= 0.3 is 0 Å². The molecule has 0 aliphatic carbocycles. The fourth-order valence-electron chi connectivity index (χ4n) is 2.58. The van der Waals surface area contributed by atoms with Crippen LogP contribution in [0.2, 0.25) is 0 Å². The van der Waals surface area contributed by atoms with Crippen molar-refractivity contribution >= 4 is 43.0 Å². The zero-order valence-corrected chi connectivity index (χ0v) is 18.0. The Hall–Kier alpha value is -1.96. The molecular weight excluding hydrogens is 446 g/mol. The number of sulfone groups is 1. The van der Waals surface area contributed by atoms with E-state index in [1.165, 1.54) is 17.6 Å². The molecule has 1 atom stereocenters. The molecule has 27 heavy (non-hydrogen) atoms. The van der Waals surface area contributed by atoms with Crippen molar-refractivity contribution in [1.29, 1.82) is 0 Å². The molecule has 0 radical (unpaired) electrons. The van der Waals surface area contributed by atoms with E-state index in [0.717, 1.165) is 20.5 Å². The molecule has 1 unspecified atom stereocenters. The van der Waals surface area contributed by atoms with Crippen LogP contribution in [0.3, 0.4) is 0 Å². The molecule has 0 spiro atoms. The van der Waals surface area contributed by atoms with Gasteiger partial charge in [0.2, 0.25) is 0 Å². The van der Waals surface area contributed by atoms with Crippen LogP contribution in [-0.2, 0) is 9.84 Å². The van der Waals surface area contributed by atoms with Crippen LogP contribution in [-0.4, -0.2) is 20.6 Å². The van der Waals surface area contributed by atoms with Crippen LogP contribution in [0, 0.1) is 0 Å². The van der Waals surface area contributed by atoms with Crippen LogP contribution < -0.4 is 5.32 Å². The molecule has 140 valence electrons. The maximum absolute atomic E-state index is 12.5. The number of carbonyl (C=O) groups excluding carboxylic acids is 1. The van der Waals surface area contributed by atoms with E-state index < -0.39 is 9.84 Å². The third kappa shape index (κ3) is 4.86. The average molecular weight is 464 g/mol. The monoisotopic (exact) mass is 463 g/mol. The molecule has 0 saturated carbocycles. The van der Waals surface area contributed by atoms with E-state index in [9.17, 15) is 13.2 Å². The number of hydrogen-bond acceptors (Lipinski definition) is 4. The first-order valence-electron chi connectivity index (χ1n) is 8.21. The largest absolute Gasteiger partial charge is 0.345 e. The van der Waals surface area contributed by atoms with E-state index in [-0.39, 0.29) is 16.8 Å². The van der Waals surface area contributed by atoms with Gasteiger partial charge in [0.05, 0.1) is 15.8 Å². The third-order valence-corrected chi connectivity index (χ3v) is 6.90. The molecule has 0 aliphatic rings. The summed E-state index contributed by atoms with van der Waals surface area (Å²) in [7, 11) is -3.23. The Kier molecular flexibility index (Phi) is 5.83. The number of nitrogens with one attached hydrogen (secondary N) is 1. The first-order valence-corrected chi connectivity index (χ1v) is 11.7.